The van der Waals surface area contributed by atoms with Crippen molar-refractivity contribution in [2.45, 2.75) is 32.2 Å². The molecule has 0 amide bonds. The van der Waals surface area contributed by atoms with E-state index in [0.29, 0.717) is 6.54 Å². The van der Waals surface area contributed by atoms with Crippen LogP contribution in [0.5, 0.6) is 0 Å². The number of rotatable bonds is 5. The molecular weight excluding hydrogens is 534 g/mol. The van der Waals surface area contributed by atoms with Crippen molar-refractivity contribution in [1.82, 2.24) is 4.31 Å². The number of benzene rings is 5. The molecule has 1 aliphatic heterocycles. The molecule has 0 fully saturated rings. The van der Waals surface area contributed by atoms with E-state index in [9.17, 15) is 8.42 Å². The number of allylic oxidation sites excluding steroid dienone is 2. The lowest BCUT2D eigenvalue weighted by Gasteiger charge is -2.24. The Hall–Kier alpha value is -4.41. The molecule has 1 aliphatic carbocycles. The average molecular weight is 570 g/mol. The lowest BCUT2D eigenvalue weighted by Crippen LogP contribution is -2.29. The summed E-state index contributed by atoms with van der Waals surface area (Å²) in [6.07, 6.45) is 15.9. The molecule has 0 radical (unpaired) electrons. The highest BCUT2D eigenvalue weighted by atomic mass is 32.2. The Labute approximate surface area is 249 Å². The minimum atomic E-state index is -3.35. The van der Waals surface area contributed by atoms with Gasteiger partial charge in [-0.3, -0.25) is 4.31 Å². The van der Waals surface area contributed by atoms with E-state index in [-0.39, 0.29) is 5.75 Å². The molecule has 0 aromatic heterocycles. The number of fused-ring (bicyclic) bond motifs is 6. The Morgan fingerprint density at radius 2 is 1.43 bits per heavy atom. The molecule has 1 heterocycles. The average Bonchev–Trinajstić information content (AvgIpc) is 3.05. The van der Waals surface area contributed by atoms with Gasteiger partial charge >= 0.3 is 0 Å². The minimum absolute atomic E-state index is 0.0152. The number of aryl methyl sites for hydroxylation is 2. The largest absolute Gasteiger partial charge is 0.273 e. The van der Waals surface area contributed by atoms with Gasteiger partial charge in [-0.25, -0.2) is 8.42 Å². The highest BCUT2D eigenvalue weighted by Gasteiger charge is 2.20. The van der Waals surface area contributed by atoms with Crippen LogP contribution in [0, 0.1) is 0 Å². The fourth-order valence-corrected chi connectivity index (χ4v) is 6.97. The van der Waals surface area contributed by atoms with Crippen molar-refractivity contribution in [3.63, 3.8) is 0 Å². The molecule has 0 saturated heterocycles. The maximum Gasteiger partial charge on any atom is 0.238 e. The Morgan fingerprint density at radius 1 is 0.667 bits per heavy atom. The maximum atomic E-state index is 12.4. The Kier molecular flexibility index (Phi) is 8.34. The summed E-state index contributed by atoms with van der Waals surface area (Å²) in [7, 11) is -3.35. The van der Waals surface area contributed by atoms with Crippen LogP contribution < -0.4 is 0 Å². The molecule has 2 aliphatic rings. The summed E-state index contributed by atoms with van der Waals surface area (Å²) in [5.41, 5.74) is 6.36. The quantitative estimate of drug-likeness (QED) is 0.157. The summed E-state index contributed by atoms with van der Waals surface area (Å²) in [4.78, 5) is 0. The van der Waals surface area contributed by atoms with Crippen LogP contribution in [-0.2, 0) is 29.4 Å². The fourth-order valence-electron chi connectivity index (χ4n) is 5.84. The number of sulfonamides is 1. The van der Waals surface area contributed by atoms with E-state index >= 15 is 0 Å². The summed E-state index contributed by atoms with van der Waals surface area (Å²) < 4.78 is 26.3. The van der Waals surface area contributed by atoms with Gasteiger partial charge in [0.1, 0.15) is 0 Å². The predicted octanol–water partition coefficient (Wildman–Crippen LogP) is 8.94. The zero-order valence-electron chi connectivity index (χ0n) is 23.7. The lowest BCUT2D eigenvalue weighted by molar-refractivity contribution is 0.496. The van der Waals surface area contributed by atoms with E-state index in [1.54, 1.807) is 29.5 Å². The first kappa shape index (κ1) is 27.7. The monoisotopic (exact) mass is 569 g/mol. The van der Waals surface area contributed by atoms with Crippen LogP contribution >= 0.6 is 0 Å². The molecule has 0 N–H and O–H groups in total. The smallest absolute Gasteiger partial charge is 0.238 e. The third kappa shape index (κ3) is 6.24. The van der Waals surface area contributed by atoms with Crippen molar-refractivity contribution in [3.05, 3.63) is 155 Å². The van der Waals surface area contributed by atoms with E-state index in [2.05, 4.69) is 48.5 Å². The van der Waals surface area contributed by atoms with Crippen LogP contribution in [0.3, 0.4) is 0 Å². The molecular formula is C38H35NO2S. The van der Waals surface area contributed by atoms with Gasteiger partial charge in [0.15, 0.2) is 0 Å². The number of hydrogen-bond acceptors (Lipinski definition) is 2. The van der Waals surface area contributed by atoms with Gasteiger partial charge in [-0.1, -0.05) is 127 Å². The first-order valence-electron chi connectivity index (χ1n) is 14.6. The van der Waals surface area contributed by atoms with Crippen molar-refractivity contribution in [2.24, 2.45) is 0 Å². The van der Waals surface area contributed by atoms with Crippen LogP contribution in [-0.4, -0.2) is 18.5 Å². The van der Waals surface area contributed by atoms with Gasteiger partial charge < -0.3 is 0 Å². The van der Waals surface area contributed by atoms with Crippen LogP contribution in [0.15, 0.2) is 128 Å². The van der Waals surface area contributed by atoms with E-state index in [4.69, 9.17) is 0 Å². The zero-order chi connectivity index (χ0) is 28.8. The molecule has 5 aromatic rings. The van der Waals surface area contributed by atoms with E-state index in [1.165, 1.54) is 51.5 Å². The molecule has 0 saturated carbocycles. The first-order chi connectivity index (χ1) is 20.6. The van der Waals surface area contributed by atoms with Crippen LogP contribution in [0.1, 0.15) is 40.7 Å². The standard InChI is InChI=1S/C20H19NO2S.C18H16/c22-24(23,16-8-2-5-11-18-9-3-1-4-10-18)21-15-14-19-12-6-7-13-20(19)17-21;1-3-7-15-13(5-1)9-11-18-16-8-4-2-6-14(16)10-12-17(15)18/h1-15H,16-17H2;1,3,5,7,9-12H,2,4,6,8H2. The molecule has 5 aromatic carbocycles. The second-order valence-corrected chi connectivity index (χ2v) is 12.8. The molecule has 0 unspecified atom stereocenters. The molecule has 0 atom stereocenters. The summed E-state index contributed by atoms with van der Waals surface area (Å²) in [5.74, 6) is -0.0152. The van der Waals surface area contributed by atoms with E-state index in [0.717, 1.165) is 16.7 Å². The molecule has 0 bridgehead atoms. The molecule has 4 heteroatoms. The second-order valence-electron chi connectivity index (χ2n) is 10.8. The fraction of sp³-hybridized carbons (Fsp3) is 0.158. The number of nitrogens with zero attached hydrogens (tertiary/aromatic N) is 1. The molecule has 3 nitrogen and oxygen atoms in total. The SMILES string of the molecule is O=S(=O)(CC=CC=Cc1ccccc1)N1C=Cc2ccccc2C1.c1ccc2c(c1)ccc1c3c(ccc12)CCCC3. The summed E-state index contributed by atoms with van der Waals surface area (Å²) in [6, 6.07) is 35.7. The van der Waals surface area contributed by atoms with Crippen LogP contribution in [0.25, 0.3) is 33.7 Å². The van der Waals surface area contributed by atoms with Gasteiger partial charge in [-0.15, -0.1) is 0 Å². The Balaban J connectivity index is 0.000000156. The Morgan fingerprint density at radius 3 is 2.33 bits per heavy atom. The van der Waals surface area contributed by atoms with Crippen LogP contribution in [0.4, 0.5) is 0 Å². The highest BCUT2D eigenvalue weighted by molar-refractivity contribution is 7.89. The van der Waals surface area contributed by atoms with Gasteiger partial charge in [0.05, 0.1) is 12.3 Å². The predicted molar refractivity (Wildman–Crippen MR) is 178 cm³/mol. The van der Waals surface area contributed by atoms with Crippen molar-refractivity contribution >= 4 is 43.7 Å². The highest BCUT2D eigenvalue weighted by Crippen LogP contribution is 2.33. The van der Waals surface area contributed by atoms with E-state index in [1.807, 2.05) is 72.8 Å². The molecule has 42 heavy (non-hydrogen) atoms. The van der Waals surface area contributed by atoms with Gasteiger partial charge in [-0.05, 0) is 81.1 Å². The van der Waals surface area contributed by atoms with Gasteiger partial charge in [0.2, 0.25) is 10.0 Å². The maximum absolute atomic E-state index is 12.4. The van der Waals surface area contributed by atoms with Crippen molar-refractivity contribution in [3.8, 4) is 0 Å². The van der Waals surface area contributed by atoms with Gasteiger partial charge in [0, 0.05) is 6.20 Å². The van der Waals surface area contributed by atoms with Crippen molar-refractivity contribution in [1.29, 1.82) is 0 Å². The third-order valence-corrected chi connectivity index (χ3v) is 9.64. The van der Waals surface area contributed by atoms with Crippen molar-refractivity contribution < 1.29 is 8.42 Å². The van der Waals surface area contributed by atoms with E-state index < -0.39 is 10.0 Å². The third-order valence-electron chi connectivity index (χ3n) is 8.06. The lowest BCUT2D eigenvalue weighted by atomic mass is 9.86. The number of hydrogen-bond donors (Lipinski definition) is 0. The molecule has 7 rings (SSSR count). The van der Waals surface area contributed by atoms with Gasteiger partial charge in [-0.2, -0.15) is 0 Å². The molecule has 210 valence electrons. The first-order valence-corrected chi connectivity index (χ1v) is 16.3. The summed E-state index contributed by atoms with van der Waals surface area (Å²) in [6.45, 7) is 0.392. The van der Waals surface area contributed by atoms with Gasteiger partial charge in [0.25, 0.3) is 0 Å². The van der Waals surface area contributed by atoms with Crippen molar-refractivity contribution in [2.75, 3.05) is 5.75 Å². The summed E-state index contributed by atoms with van der Waals surface area (Å²) in [5, 5.41) is 5.64. The van der Waals surface area contributed by atoms with Crippen LogP contribution in [0.2, 0.25) is 0 Å². The summed E-state index contributed by atoms with van der Waals surface area (Å²) >= 11 is 0. The topological polar surface area (TPSA) is 37.4 Å². The molecule has 0 spiro atoms. The Bertz CT molecular complexity index is 1900. The normalized spacial score (nSPS) is 14.6. The second kappa shape index (κ2) is 12.6. The minimum Gasteiger partial charge on any atom is -0.273 e. The zero-order valence-corrected chi connectivity index (χ0v) is 24.5.